The largest absolute Gasteiger partial charge is 0.486 e. The predicted molar refractivity (Wildman–Crippen MR) is 138 cm³/mol. The fourth-order valence-corrected chi connectivity index (χ4v) is 5.04. The molecule has 0 aliphatic heterocycles. The standard InChI is InChI=1S/C25H27N5O2S2/c1-5-30-22(13-32-20-11-17(3)10-18(4)12-20)28-29-25(30)34-15-23(31)27-24-26-21(14-33-24)19-8-6-16(2)7-9-19/h6-12,14H,5,13,15H2,1-4H3,(H,26,27,31). The maximum Gasteiger partial charge on any atom is 0.236 e. The third-order valence-electron chi connectivity index (χ3n) is 5.10. The van der Waals surface area contributed by atoms with Gasteiger partial charge in [-0.1, -0.05) is 47.7 Å². The van der Waals surface area contributed by atoms with Gasteiger partial charge in [0.2, 0.25) is 5.91 Å². The summed E-state index contributed by atoms with van der Waals surface area (Å²) in [5.74, 6) is 1.63. The number of anilines is 1. The van der Waals surface area contributed by atoms with Crippen molar-refractivity contribution >= 4 is 34.1 Å². The Balaban J connectivity index is 1.33. The van der Waals surface area contributed by atoms with Crippen LogP contribution in [0.15, 0.2) is 53.0 Å². The van der Waals surface area contributed by atoms with Gasteiger partial charge in [0.25, 0.3) is 0 Å². The van der Waals surface area contributed by atoms with Crippen molar-refractivity contribution in [3.8, 4) is 17.0 Å². The van der Waals surface area contributed by atoms with Crippen LogP contribution in [0.3, 0.4) is 0 Å². The molecule has 4 rings (SSSR count). The second kappa shape index (κ2) is 10.8. The Morgan fingerprint density at radius 2 is 1.79 bits per heavy atom. The Hall–Kier alpha value is -3.17. The van der Waals surface area contributed by atoms with Gasteiger partial charge < -0.3 is 14.6 Å². The molecule has 0 aliphatic carbocycles. The van der Waals surface area contributed by atoms with Gasteiger partial charge in [-0.05, 0) is 51.0 Å². The van der Waals surface area contributed by atoms with Gasteiger partial charge in [-0.3, -0.25) is 4.79 Å². The molecule has 7 nitrogen and oxygen atoms in total. The highest BCUT2D eigenvalue weighted by molar-refractivity contribution is 7.99. The van der Waals surface area contributed by atoms with E-state index >= 15 is 0 Å². The number of nitrogens with zero attached hydrogens (tertiary/aromatic N) is 4. The van der Waals surface area contributed by atoms with Crippen molar-refractivity contribution in [1.82, 2.24) is 19.7 Å². The van der Waals surface area contributed by atoms with E-state index in [2.05, 4.69) is 45.6 Å². The topological polar surface area (TPSA) is 81.9 Å². The van der Waals surface area contributed by atoms with Crippen molar-refractivity contribution in [2.24, 2.45) is 0 Å². The van der Waals surface area contributed by atoms with Crippen LogP contribution in [0.25, 0.3) is 11.3 Å². The zero-order valence-electron chi connectivity index (χ0n) is 19.7. The molecule has 1 amide bonds. The average Bonchev–Trinajstić information content (AvgIpc) is 3.42. The first kappa shape index (κ1) is 24.0. The maximum atomic E-state index is 12.5. The molecule has 0 spiro atoms. The van der Waals surface area contributed by atoms with E-state index in [1.54, 1.807) is 0 Å². The third-order valence-corrected chi connectivity index (χ3v) is 6.83. The summed E-state index contributed by atoms with van der Waals surface area (Å²) in [4.78, 5) is 17.0. The summed E-state index contributed by atoms with van der Waals surface area (Å²) in [5, 5.41) is 14.6. The summed E-state index contributed by atoms with van der Waals surface area (Å²) in [6, 6.07) is 14.3. The molecule has 1 N–H and O–H groups in total. The molecule has 176 valence electrons. The van der Waals surface area contributed by atoms with E-state index in [0.29, 0.717) is 23.4 Å². The lowest BCUT2D eigenvalue weighted by Crippen LogP contribution is -2.14. The third kappa shape index (κ3) is 6.03. The minimum atomic E-state index is -0.131. The second-order valence-electron chi connectivity index (χ2n) is 8.00. The summed E-state index contributed by atoms with van der Waals surface area (Å²) >= 11 is 2.76. The van der Waals surface area contributed by atoms with Gasteiger partial charge in [0, 0.05) is 17.5 Å². The summed E-state index contributed by atoms with van der Waals surface area (Å²) in [5.41, 5.74) is 5.39. The number of carbonyl (C=O) groups is 1. The molecule has 0 radical (unpaired) electrons. The first-order valence-electron chi connectivity index (χ1n) is 11.0. The molecule has 0 aliphatic rings. The number of thiazole rings is 1. The average molecular weight is 494 g/mol. The Labute approximate surface area is 207 Å². The minimum absolute atomic E-state index is 0.131. The SMILES string of the molecule is CCn1c(COc2cc(C)cc(C)c2)nnc1SCC(=O)Nc1nc(-c2ccc(C)cc2)cs1. The van der Waals surface area contributed by atoms with Crippen LogP contribution < -0.4 is 10.1 Å². The predicted octanol–water partition coefficient (Wildman–Crippen LogP) is 5.66. The van der Waals surface area contributed by atoms with Crippen molar-refractivity contribution in [2.75, 3.05) is 11.1 Å². The van der Waals surface area contributed by atoms with Gasteiger partial charge in [0.05, 0.1) is 11.4 Å². The lowest BCUT2D eigenvalue weighted by Gasteiger charge is -2.10. The van der Waals surface area contributed by atoms with Gasteiger partial charge >= 0.3 is 0 Å². The fourth-order valence-electron chi connectivity index (χ4n) is 3.49. The highest BCUT2D eigenvalue weighted by Crippen LogP contribution is 2.26. The first-order chi connectivity index (χ1) is 16.4. The smallest absolute Gasteiger partial charge is 0.236 e. The Morgan fingerprint density at radius 3 is 2.50 bits per heavy atom. The number of ether oxygens (including phenoxy) is 1. The molecule has 34 heavy (non-hydrogen) atoms. The number of amides is 1. The van der Waals surface area contributed by atoms with Crippen LogP contribution in [0.5, 0.6) is 5.75 Å². The number of aromatic nitrogens is 4. The molecule has 0 bridgehead atoms. The number of aryl methyl sites for hydroxylation is 3. The number of hydrogen-bond donors (Lipinski definition) is 1. The molecule has 4 aromatic rings. The zero-order chi connectivity index (χ0) is 24.1. The fraction of sp³-hybridized carbons (Fsp3) is 0.280. The quantitative estimate of drug-likeness (QED) is 0.303. The van der Waals surface area contributed by atoms with E-state index in [9.17, 15) is 4.79 Å². The molecule has 9 heteroatoms. The van der Waals surface area contributed by atoms with Gasteiger partial charge in [-0.2, -0.15) is 0 Å². The molecule has 0 atom stereocenters. The van der Waals surface area contributed by atoms with Crippen LogP contribution in [-0.2, 0) is 17.9 Å². The van der Waals surface area contributed by atoms with E-state index in [1.165, 1.54) is 28.7 Å². The number of hydrogen-bond acceptors (Lipinski definition) is 7. The Kier molecular flexibility index (Phi) is 7.64. The molecule has 2 heterocycles. The van der Waals surface area contributed by atoms with Crippen molar-refractivity contribution in [3.63, 3.8) is 0 Å². The molecule has 0 saturated carbocycles. The van der Waals surface area contributed by atoms with Crippen molar-refractivity contribution in [3.05, 3.63) is 70.4 Å². The Bertz CT molecular complexity index is 1260. The van der Waals surface area contributed by atoms with Crippen molar-refractivity contribution < 1.29 is 9.53 Å². The number of thioether (sulfide) groups is 1. The monoisotopic (exact) mass is 493 g/mol. The van der Waals surface area contributed by atoms with Crippen molar-refractivity contribution in [2.45, 2.75) is 46.0 Å². The van der Waals surface area contributed by atoms with Crippen LogP contribution in [-0.4, -0.2) is 31.4 Å². The molecular weight excluding hydrogens is 466 g/mol. The maximum absolute atomic E-state index is 12.5. The Morgan fingerprint density at radius 1 is 1.06 bits per heavy atom. The van der Waals surface area contributed by atoms with E-state index in [0.717, 1.165) is 34.0 Å². The van der Waals surface area contributed by atoms with Crippen LogP contribution in [0, 0.1) is 20.8 Å². The number of nitrogens with one attached hydrogen (secondary N) is 1. The second-order valence-corrected chi connectivity index (χ2v) is 9.80. The lowest BCUT2D eigenvalue weighted by atomic mass is 10.1. The van der Waals surface area contributed by atoms with Crippen LogP contribution in [0.1, 0.15) is 29.4 Å². The normalized spacial score (nSPS) is 10.9. The lowest BCUT2D eigenvalue weighted by molar-refractivity contribution is -0.113. The van der Waals surface area contributed by atoms with Crippen LogP contribution in [0.2, 0.25) is 0 Å². The van der Waals surface area contributed by atoms with Crippen LogP contribution in [0.4, 0.5) is 5.13 Å². The van der Waals surface area contributed by atoms with Gasteiger partial charge in [0.15, 0.2) is 16.1 Å². The van der Waals surface area contributed by atoms with Gasteiger partial charge in [0.1, 0.15) is 12.4 Å². The summed E-state index contributed by atoms with van der Waals surface area (Å²) < 4.78 is 7.91. The number of rotatable bonds is 9. The summed E-state index contributed by atoms with van der Waals surface area (Å²) in [6.45, 7) is 9.17. The highest BCUT2D eigenvalue weighted by atomic mass is 32.2. The minimum Gasteiger partial charge on any atom is -0.486 e. The summed E-state index contributed by atoms with van der Waals surface area (Å²) in [6.07, 6.45) is 0. The number of benzene rings is 2. The van der Waals surface area contributed by atoms with E-state index in [-0.39, 0.29) is 11.7 Å². The van der Waals surface area contributed by atoms with Gasteiger partial charge in [-0.25, -0.2) is 4.98 Å². The molecular formula is C25H27N5O2S2. The van der Waals surface area contributed by atoms with E-state index in [4.69, 9.17) is 4.74 Å². The molecule has 2 aromatic carbocycles. The van der Waals surface area contributed by atoms with Crippen LogP contribution >= 0.6 is 23.1 Å². The van der Waals surface area contributed by atoms with Gasteiger partial charge in [-0.15, -0.1) is 21.5 Å². The zero-order valence-corrected chi connectivity index (χ0v) is 21.3. The summed E-state index contributed by atoms with van der Waals surface area (Å²) in [7, 11) is 0. The number of carbonyl (C=O) groups excluding carboxylic acids is 1. The van der Waals surface area contributed by atoms with Crippen molar-refractivity contribution in [1.29, 1.82) is 0 Å². The molecule has 2 aromatic heterocycles. The molecule has 0 saturated heterocycles. The van der Waals surface area contributed by atoms with E-state index < -0.39 is 0 Å². The molecule has 0 unspecified atom stereocenters. The van der Waals surface area contributed by atoms with E-state index in [1.807, 2.05) is 55.0 Å². The first-order valence-corrected chi connectivity index (χ1v) is 12.9. The molecule has 0 fully saturated rings. The highest BCUT2D eigenvalue weighted by Gasteiger charge is 2.15.